The Kier molecular flexibility index (Phi) is 3.02. The Labute approximate surface area is 112 Å². The minimum absolute atomic E-state index is 0.124. The number of nitrogens with two attached hydrogens (primary N) is 1. The second kappa shape index (κ2) is 4.98. The molecule has 0 aliphatic heterocycles. The van der Waals surface area contributed by atoms with Crippen LogP contribution in [-0.4, -0.2) is 34.7 Å². The van der Waals surface area contributed by atoms with Crippen molar-refractivity contribution >= 4 is 17.7 Å². The number of hydrogen-bond donors (Lipinski definition) is 1. The van der Waals surface area contributed by atoms with Crippen LogP contribution in [0.1, 0.15) is 0 Å². The van der Waals surface area contributed by atoms with E-state index in [9.17, 15) is 0 Å². The molecule has 0 saturated heterocycles. The molecule has 0 aliphatic carbocycles. The van der Waals surface area contributed by atoms with Gasteiger partial charge in [0.1, 0.15) is 0 Å². The van der Waals surface area contributed by atoms with E-state index in [4.69, 9.17) is 5.73 Å². The number of nitrogens with zero attached hydrogens (tertiary/aromatic N) is 7. The van der Waals surface area contributed by atoms with E-state index in [1.54, 1.807) is 36.9 Å². The summed E-state index contributed by atoms with van der Waals surface area (Å²) in [6, 6.07) is 3.51. The van der Waals surface area contributed by atoms with E-state index in [-0.39, 0.29) is 5.95 Å². The molecule has 3 heterocycles. The number of aromatic nitrogens is 7. The van der Waals surface area contributed by atoms with Crippen LogP contribution in [0.5, 0.6) is 0 Å². The molecule has 2 N–H and O–H groups in total. The van der Waals surface area contributed by atoms with Crippen LogP contribution in [0.25, 0.3) is 5.95 Å². The van der Waals surface area contributed by atoms with E-state index in [2.05, 4.69) is 30.0 Å². The highest BCUT2D eigenvalue weighted by atomic mass is 32.2. The van der Waals surface area contributed by atoms with Gasteiger partial charge in [0.05, 0.1) is 0 Å². The van der Waals surface area contributed by atoms with Gasteiger partial charge < -0.3 is 5.73 Å². The quantitative estimate of drug-likeness (QED) is 0.690. The lowest BCUT2D eigenvalue weighted by atomic mass is 10.7. The molecule has 94 valence electrons. The van der Waals surface area contributed by atoms with Crippen molar-refractivity contribution in [2.75, 3.05) is 5.73 Å². The van der Waals surface area contributed by atoms with Gasteiger partial charge in [0.15, 0.2) is 5.16 Å². The minimum Gasteiger partial charge on any atom is -0.368 e. The van der Waals surface area contributed by atoms with E-state index in [0.29, 0.717) is 16.3 Å². The SMILES string of the molecule is Nc1nc(Sc2ncccn2)nc(-n2cccn2)n1. The zero-order valence-electron chi connectivity index (χ0n) is 9.58. The highest BCUT2D eigenvalue weighted by Gasteiger charge is 2.09. The number of rotatable bonds is 3. The lowest BCUT2D eigenvalue weighted by molar-refractivity contribution is 0.763. The molecular formula is C10H8N8S. The number of anilines is 1. The van der Waals surface area contributed by atoms with Gasteiger partial charge in [-0.3, -0.25) is 0 Å². The van der Waals surface area contributed by atoms with E-state index < -0.39 is 0 Å². The summed E-state index contributed by atoms with van der Waals surface area (Å²) in [5.41, 5.74) is 5.66. The molecule has 0 aliphatic rings. The molecule has 8 nitrogen and oxygen atoms in total. The first-order valence-electron chi connectivity index (χ1n) is 5.28. The molecule has 3 rings (SSSR count). The molecule has 0 atom stereocenters. The monoisotopic (exact) mass is 272 g/mol. The van der Waals surface area contributed by atoms with Crippen LogP contribution < -0.4 is 5.73 Å². The Hall–Kier alpha value is -2.55. The Morgan fingerprint density at radius 3 is 2.53 bits per heavy atom. The van der Waals surface area contributed by atoms with Gasteiger partial charge in [-0.1, -0.05) is 0 Å². The van der Waals surface area contributed by atoms with Gasteiger partial charge >= 0.3 is 0 Å². The molecule has 0 saturated carbocycles. The molecule has 3 aromatic rings. The van der Waals surface area contributed by atoms with E-state index in [0.717, 1.165) is 0 Å². The van der Waals surface area contributed by atoms with Crippen LogP contribution >= 0.6 is 11.8 Å². The highest BCUT2D eigenvalue weighted by molar-refractivity contribution is 7.99. The van der Waals surface area contributed by atoms with Crippen molar-refractivity contribution in [2.45, 2.75) is 10.3 Å². The van der Waals surface area contributed by atoms with Crippen LogP contribution in [0.3, 0.4) is 0 Å². The first kappa shape index (κ1) is 11.5. The van der Waals surface area contributed by atoms with Gasteiger partial charge in [-0.25, -0.2) is 14.6 Å². The van der Waals surface area contributed by atoms with Gasteiger partial charge in [0.2, 0.25) is 11.1 Å². The third kappa shape index (κ3) is 2.65. The smallest absolute Gasteiger partial charge is 0.256 e. The van der Waals surface area contributed by atoms with E-state index >= 15 is 0 Å². The topological polar surface area (TPSA) is 108 Å². The molecule has 0 bridgehead atoms. The van der Waals surface area contributed by atoms with Gasteiger partial charge in [-0.2, -0.15) is 20.1 Å². The summed E-state index contributed by atoms with van der Waals surface area (Å²) in [4.78, 5) is 20.5. The van der Waals surface area contributed by atoms with Crippen LogP contribution in [-0.2, 0) is 0 Å². The zero-order chi connectivity index (χ0) is 13.1. The van der Waals surface area contributed by atoms with Crippen LogP contribution in [0, 0.1) is 0 Å². The Morgan fingerprint density at radius 2 is 1.79 bits per heavy atom. The minimum atomic E-state index is 0.124. The summed E-state index contributed by atoms with van der Waals surface area (Å²) in [7, 11) is 0. The molecule has 0 unspecified atom stereocenters. The maximum Gasteiger partial charge on any atom is 0.256 e. The predicted octanol–water partition coefficient (Wildman–Crippen LogP) is 0.581. The molecule has 9 heteroatoms. The summed E-state index contributed by atoms with van der Waals surface area (Å²) in [5, 5.41) is 5.01. The van der Waals surface area contributed by atoms with E-state index in [1.165, 1.54) is 16.4 Å². The summed E-state index contributed by atoms with van der Waals surface area (Å²) in [6.45, 7) is 0. The van der Waals surface area contributed by atoms with Crippen molar-refractivity contribution in [1.29, 1.82) is 0 Å². The fourth-order valence-electron chi connectivity index (χ4n) is 1.32. The standard InChI is InChI=1S/C10H8N8S/c11-7-15-8(18-6-2-5-14-18)17-10(16-7)19-9-12-3-1-4-13-9/h1-6H,(H2,11,15,16,17). The molecule has 0 aromatic carbocycles. The number of hydrogen-bond acceptors (Lipinski definition) is 8. The third-order valence-corrected chi connectivity index (χ3v) is 2.81. The lowest BCUT2D eigenvalue weighted by Crippen LogP contribution is -2.07. The summed E-state index contributed by atoms with van der Waals surface area (Å²) >= 11 is 1.21. The first-order valence-corrected chi connectivity index (χ1v) is 6.09. The Morgan fingerprint density at radius 1 is 0.947 bits per heavy atom. The van der Waals surface area contributed by atoms with Crippen LogP contribution in [0.4, 0.5) is 5.95 Å². The van der Waals surface area contributed by atoms with Crippen molar-refractivity contribution in [2.24, 2.45) is 0 Å². The zero-order valence-corrected chi connectivity index (χ0v) is 10.4. The van der Waals surface area contributed by atoms with Crippen molar-refractivity contribution in [3.63, 3.8) is 0 Å². The van der Waals surface area contributed by atoms with Gasteiger partial charge in [-0.15, -0.1) is 0 Å². The summed E-state index contributed by atoms with van der Waals surface area (Å²) in [5.74, 6) is 0.481. The lowest BCUT2D eigenvalue weighted by Gasteiger charge is -2.03. The van der Waals surface area contributed by atoms with E-state index in [1.807, 2.05) is 0 Å². The largest absolute Gasteiger partial charge is 0.368 e. The van der Waals surface area contributed by atoms with Crippen LogP contribution in [0.2, 0.25) is 0 Å². The molecule has 3 aromatic heterocycles. The van der Waals surface area contributed by atoms with Crippen molar-refractivity contribution in [1.82, 2.24) is 34.7 Å². The molecule has 0 fully saturated rings. The summed E-state index contributed by atoms with van der Waals surface area (Å²) in [6.07, 6.45) is 6.65. The Bertz CT molecular complexity index is 669. The second-order valence-electron chi connectivity index (χ2n) is 3.36. The normalized spacial score (nSPS) is 10.5. The maximum atomic E-state index is 5.66. The first-order chi connectivity index (χ1) is 9.31. The molecule has 0 spiro atoms. The Balaban J connectivity index is 1.94. The molecular weight excluding hydrogens is 264 g/mol. The fraction of sp³-hybridized carbons (Fsp3) is 0. The summed E-state index contributed by atoms with van der Waals surface area (Å²) < 4.78 is 1.51. The van der Waals surface area contributed by atoms with Gasteiger partial charge in [0, 0.05) is 24.8 Å². The highest BCUT2D eigenvalue weighted by Crippen LogP contribution is 2.20. The van der Waals surface area contributed by atoms with Crippen molar-refractivity contribution < 1.29 is 0 Å². The van der Waals surface area contributed by atoms with Gasteiger partial charge in [0.25, 0.3) is 5.95 Å². The maximum absolute atomic E-state index is 5.66. The molecule has 0 amide bonds. The second-order valence-corrected chi connectivity index (χ2v) is 4.29. The van der Waals surface area contributed by atoms with Crippen molar-refractivity contribution in [3.05, 3.63) is 36.9 Å². The fourth-order valence-corrected chi connectivity index (χ4v) is 1.97. The van der Waals surface area contributed by atoms with Crippen LogP contribution in [0.15, 0.2) is 47.2 Å². The van der Waals surface area contributed by atoms with Gasteiger partial charge in [-0.05, 0) is 23.9 Å². The van der Waals surface area contributed by atoms with Crippen molar-refractivity contribution in [3.8, 4) is 5.95 Å². The molecule has 0 radical (unpaired) electrons. The number of nitrogen functional groups attached to an aromatic ring is 1. The third-order valence-electron chi connectivity index (χ3n) is 2.05. The predicted molar refractivity (Wildman–Crippen MR) is 67.5 cm³/mol. The molecule has 19 heavy (non-hydrogen) atoms. The average molecular weight is 272 g/mol. The average Bonchev–Trinajstić information content (AvgIpc) is 2.93.